The minimum absolute atomic E-state index is 0.379. The number of aliphatic carboxylic acids is 1. The Bertz CT molecular complexity index is 321. The van der Waals surface area contributed by atoms with Crippen molar-refractivity contribution in [2.75, 3.05) is 6.54 Å². The standard InChI is InChI=1S/C13H23NO4/c1-5-9-6-7-14(10(8-9)11(15)16)12(17)18-13(2,3)4/h9-10H,5-8H2,1-4H3,(H,15,16)/t9-,10+/m1/s1. The van der Waals surface area contributed by atoms with E-state index in [0.717, 1.165) is 12.8 Å². The van der Waals surface area contributed by atoms with Gasteiger partial charge in [0.1, 0.15) is 11.6 Å². The average molecular weight is 257 g/mol. The van der Waals surface area contributed by atoms with Crippen LogP contribution in [-0.4, -0.2) is 40.3 Å². The first-order valence-corrected chi connectivity index (χ1v) is 6.47. The molecule has 5 heteroatoms. The first-order chi connectivity index (χ1) is 8.24. The molecule has 0 aliphatic carbocycles. The number of hydrogen-bond donors (Lipinski definition) is 1. The Morgan fingerprint density at radius 1 is 1.39 bits per heavy atom. The number of likely N-dealkylation sites (tertiary alicyclic amines) is 1. The number of carboxylic acids is 1. The van der Waals surface area contributed by atoms with Crippen molar-refractivity contribution in [1.29, 1.82) is 0 Å². The van der Waals surface area contributed by atoms with Crippen LogP contribution in [0.5, 0.6) is 0 Å². The molecular formula is C13H23NO4. The van der Waals surface area contributed by atoms with Gasteiger partial charge in [0.05, 0.1) is 0 Å². The van der Waals surface area contributed by atoms with E-state index in [4.69, 9.17) is 4.74 Å². The summed E-state index contributed by atoms with van der Waals surface area (Å²) in [5, 5.41) is 9.22. The maximum Gasteiger partial charge on any atom is 0.411 e. The Morgan fingerprint density at radius 2 is 2.00 bits per heavy atom. The second-order valence-electron chi connectivity index (χ2n) is 5.83. The lowest BCUT2D eigenvalue weighted by atomic mass is 9.89. The van der Waals surface area contributed by atoms with Gasteiger partial charge in [-0.15, -0.1) is 0 Å². The Kier molecular flexibility index (Phi) is 4.59. The number of piperidine rings is 1. The van der Waals surface area contributed by atoms with Crippen LogP contribution in [0.1, 0.15) is 47.0 Å². The minimum Gasteiger partial charge on any atom is -0.480 e. The number of carboxylic acid groups (broad SMARTS) is 1. The van der Waals surface area contributed by atoms with Gasteiger partial charge in [-0.2, -0.15) is 0 Å². The van der Waals surface area contributed by atoms with Gasteiger partial charge in [0.25, 0.3) is 0 Å². The Balaban J connectivity index is 2.74. The molecule has 0 spiro atoms. The van der Waals surface area contributed by atoms with E-state index in [2.05, 4.69) is 0 Å². The summed E-state index contributed by atoms with van der Waals surface area (Å²) in [7, 11) is 0. The van der Waals surface area contributed by atoms with Gasteiger partial charge in [-0.05, 0) is 39.5 Å². The van der Waals surface area contributed by atoms with Crippen LogP contribution in [0, 0.1) is 5.92 Å². The molecule has 1 heterocycles. The zero-order valence-corrected chi connectivity index (χ0v) is 11.6. The van der Waals surface area contributed by atoms with E-state index in [9.17, 15) is 14.7 Å². The summed E-state index contributed by atoms with van der Waals surface area (Å²) >= 11 is 0. The SMILES string of the molecule is CC[C@@H]1CCN(C(=O)OC(C)(C)C)[C@H](C(=O)O)C1. The number of amides is 1. The van der Waals surface area contributed by atoms with E-state index < -0.39 is 23.7 Å². The highest BCUT2D eigenvalue weighted by atomic mass is 16.6. The van der Waals surface area contributed by atoms with Crippen LogP contribution in [0.15, 0.2) is 0 Å². The number of hydrogen-bond acceptors (Lipinski definition) is 3. The molecule has 0 aromatic carbocycles. The molecule has 0 unspecified atom stereocenters. The maximum absolute atomic E-state index is 12.0. The van der Waals surface area contributed by atoms with E-state index in [1.807, 2.05) is 6.92 Å². The lowest BCUT2D eigenvalue weighted by molar-refractivity contribution is -0.145. The maximum atomic E-state index is 12.0. The van der Waals surface area contributed by atoms with Gasteiger partial charge < -0.3 is 9.84 Å². The number of ether oxygens (including phenoxy) is 1. The van der Waals surface area contributed by atoms with Crippen LogP contribution < -0.4 is 0 Å². The molecule has 1 aliphatic heterocycles. The molecule has 18 heavy (non-hydrogen) atoms. The monoisotopic (exact) mass is 257 g/mol. The van der Waals surface area contributed by atoms with Gasteiger partial charge in [0.15, 0.2) is 0 Å². The van der Waals surface area contributed by atoms with Gasteiger partial charge in [0.2, 0.25) is 0 Å². The second-order valence-corrected chi connectivity index (χ2v) is 5.83. The molecule has 2 atom stereocenters. The lowest BCUT2D eigenvalue weighted by Gasteiger charge is -2.37. The van der Waals surface area contributed by atoms with E-state index in [-0.39, 0.29) is 0 Å². The smallest absolute Gasteiger partial charge is 0.411 e. The van der Waals surface area contributed by atoms with E-state index >= 15 is 0 Å². The van der Waals surface area contributed by atoms with E-state index in [0.29, 0.717) is 18.9 Å². The average Bonchev–Trinajstić information content (AvgIpc) is 2.25. The Hall–Kier alpha value is -1.26. The number of nitrogens with zero attached hydrogens (tertiary/aromatic N) is 1. The second kappa shape index (κ2) is 5.59. The number of carbonyl (C=O) groups is 2. The van der Waals surface area contributed by atoms with Gasteiger partial charge in [-0.1, -0.05) is 13.3 Å². The van der Waals surface area contributed by atoms with Gasteiger partial charge in [-0.3, -0.25) is 4.90 Å². The van der Waals surface area contributed by atoms with Crippen LogP contribution >= 0.6 is 0 Å². The molecule has 1 fully saturated rings. The normalized spacial score (nSPS) is 24.8. The molecule has 5 nitrogen and oxygen atoms in total. The van der Waals surface area contributed by atoms with Crippen molar-refractivity contribution in [1.82, 2.24) is 4.90 Å². The minimum atomic E-state index is -0.945. The molecule has 0 saturated carbocycles. The molecular weight excluding hydrogens is 234 g/mol. The quantitative estimate of drug-likeness (QED) is 0.825. The number of rotatable bonds is 2. The molecule has 1 N–H and O–H groups in total. The molecule has 104 valence electrons. The highest BCUT2D eigenvalue weighted by Crippen LogP contribution is 2.27. The van der Waals surface area contributed by atoms with Crippen molar-refractivity contribution >= 4 is 12.1 Å². The highest BCUT2D eigenvalue weighted by molar-refractivity contribution is 5.80. The zero-order valence-electron chi connectivity index (χ0n) is 11.6. The predicted molar refractivity (Wildman–Crippen MR) is 67.4 cm³/mol. The summed E-state index contributed by atoms with van der Waals surface area (Å²) in [6.07, 6.45) is 1.79. The lowest BCUT2D eigenvalue weighted by Crippen LogP contribution is -2.51. The van der Waals surface area contributed by atoms with E-state index in [1.165, 1.54) is 4.90 Å². The fourth-order valence-electron chi connectivity index (χ4n) is 2.18. The third kappa shape index (κ3) is 3.89. The van der Waals surface area contributed by atoms with Crippen molar-refractivity contribution < 1.29 is 19.4 Å². The third-order valence-electron chi connectivity index (χ3n) is 3.20. The van der Waals surface area contributed by atoms with Crippen molar-refractivity contribution in [2.45, 2.75) is 58.6 Å². The van der Waals surface area contributed by atoms with Crippen LogP contribution in [0.2, 0.25) is 0 Å². The fraction of sp³-hybridized carbons (Fsp3) is 0.846. The summed E-state index contributed by atoms with van der Waals surface area (Å²) in [5.41, 5.74) is -0.595. The largest absolute Gasteiger partial charge is 0.480 e. The molecule has 0 radical (unpaired) electrons. The summed E-state index contributed by atoms with van der Waals surface area (Å²) in [5.74, 6) is -0.566. The topological polar surface area (TPSA) is 66.8 Å². The molecule has 1 aliphatic rings. The van der Waals surface area contributed by atoms with Gasteiger partial charge in [-0.25, -0.2) is 9.59 Å². The first kappa shape index (κ1) is 14.8. The first-order valence-electron chi connectivity index (χ1n) is 6.47. The van der Waals surface area contributed by atoms with Crippen molar-refractivity contribution in [3.63, 3.8) is 0 Å². The van der Waals surface area contributed by atoms with Crippen LogP contribution in [0.4, 0.5) is 4.79 Å². The summed E-state index contributed by atoms with van der Waals surface area (Å²) in [6, 6.07) is -0.751. The summed E-state index contributed by atoms with van der Waals surface area (Å²) < 4.78 is 5.25. The Morgan fingerprint density at radius 3 is 2.44 bits per heavy atom. The fourth-order valence-corrected chi connectivity index (χ4v) is 2.18. The van der Waals surface area contributed by atoms with Gasteiger partial charge >= 0.3 is 12.1 Å². The molecule has 1 rings (SSSR count). The summed E-state index contributed by atoms with van der Waals surface area (Å²) in [4.78, 5) is 24.6. The Labute approximate surface area is 108 Å². The molecule has 0 aromatic heterocycles. The molecule has 0 aromatic rings. The molecule has 0 bridgehead atoms. The number of carbonyl (C=O) groups excluding carboxylic acids is 1. The van der Waals surface area contributed by atoms with E-state index in [1.54, 1.807) is 20.8 Å². The zero-order chi connectivity index (χ0) is 13.9. The van der Waals surface area contributed by atoms with Crippen molar-refractivity contribution in [3.8, 4) is 0 Å². The van der Waals surface area contributed by atoms with Crippen LogP contribution in [0.3, 0.4) is 0 Å². The van der Waals surface area contributed by atoms with Crippen LogP contribution in [0.25, 0.3) is 0 Å². The van der Waals surface area contributed by atoms with Gasteiger partial charge in [0, 0.05) is 6.54 Å². The highest BCUT2D eigenvalue weighted by Gasteiger charge is 2.37. The van der Waals surface area contributed by atoms with Crippen molar-refractivity contribution in [2.24, 2.45) is 5.92 Å². The predicted octanol–water partition coefficient (Wildman–Crippen LogP) is 2.50. The molecule has 1 amide bonds. The molecule has 1 saturated heterocycles. The van der Waals surface area contributed by atoms with Crippen LogP contribution in [-0.2, 0) is 9.53 Å². The third-order valence-corrected chi connectivity index (χ3v) is 3.20. The summed E-state index contributed by atoms with van der Waals surface area (Å²) in [6.45, 7) is 7.84. The van der Waals surface area contributed by atoms with Crippen molar-refractivity contribution in [3.05, 3.63) is 0 Å².